The van der Waals surface area contributed by atoms with Crippen LogP contribution in [0.4, 0.5) is 0 Å². The molecular formula is C16H12N2O2S. The lowest BCUT2D eigenvalue weighted by Gasteiger charge is -1.97. The van der Waals surface area contributed by atoms with E-state index in [2.05, 4.69) is 9.97 Å². The van der Waals surface area contributed by atoms with Gasteiger partial charge in [-0.2, -0.15) is 0 Å². The largest absolute Gasteiger partial charge is 0.477 e. The third-order valence-corrected chi connectivity index (χ3v) is 4.12. The Kier molecular flexibility index (Phi) is 3.50. The first-order chi connectivity index (χ1) is 10.1. The molecule has 0 saturated carbocycles. The lowest BCUT2D eigenvalue weighted by Crippen LogP contribution is -1.96. The third kappa shape index (κ3) is 2.68. The number of pyridine rings is 1. The number of hydrogen-bond acceptors (Lipinski definition) is 4. The van der Waals surface area contributed by atoms with Crippen molar-refractivity contribution < 1.29 is 9.90 Å². The summed E-state index contributed by atoms with van der Waals surface area (Å²) >= 11 is 1.17. The summed E-state index contributed by atoms with van der Waals surface area (Å²) in [6, 6.07) is 13.2. The van der Waals surface area contributed by atoms with Crippen LogP contribution in [-0.4, -0.2) is 21.0 Å². The van der Waals surface area contributed by atoms with Crippen molar-refractivity contribution in [1.82, 2.24) is 9.97 Å². The summed E-state index contributed by atoms with van der Waals surface area (Å²) < 4.78 is 0. The van der Waals surface area contributed by atoms with E-state index in [1.54, 1.807) is 18.3 Å². The van der Waals surface area contributed by atoms with Gasteiger partial charge in [0.1, 0.15) is 15.6 Å². The monoisotopic (exact) mass is 296 g/mol. The van der Waals surface area contributed by atoms with Gasteiger partial charge in [-0.1, -0.05) is 35.9 Å². The fourth-order valence-electron chi connectivity index (χ4n) is 1.96. The molecule has 3 rings (SSSR count). The van der Waals surface area contributed by atoms with Crippen molar-refractivity contribution in [2.24, 2.45) is 0 Å². The Morgan fingerprint density at radius 2 is 1.90 bits per heavy atom. The molecule has 0 aliphatic rings. The lowest BCUT2D eigenvalue weighted by molar-refractivity contribution is 0.0702. The van der Waals surface area contributed by atoms with Crippen LogP contribution >= 0.6 is 11.3 Å². The van der Waals surface area contributed by atoms with Gasteiger partial charge in [-0.25, -0.2) is 9.78 Å². The van der Waals surface area contributed by atoms with Crippen LogP contribution in [0.1, 0.15) is 15.2 Å². The molecule has 5 heteroatoms. The van der Waals surface area contributed by atoms with Crippen molar-refractivity contribution in [2.45, 2.75) is 6.92 Å². The Morgan fingerprint density at radius 1 is 1.14 bits per heavy atom. The summed E-state index contributed by atoms with van der Waals surface area (Å²) in [6.07, 6.45) is 1.63. The standard InChI is InChI=1S/C16H12N2O2S/c1-10-5-7-11(8-6-10)15-18-13(14(21-15)16(19)20)12-4-2-3-9-17-12/h2-9H,1H3,(H,19,20). The summed E-state index contributed by atoms with van der Waals surface area (Å²) in [5, 5.41) is 10.1. The molecular weight excluding hydrogens is 284 g/mol. The number of aromatic carboxylic acids is 1. The van der Waals surface area contributed by atoms with E-state index < -0.39 is 5.97 Å². The maximum Gasteiger partial charge on any atom is 0.348 e. The molecule has 2 heterocycles. The van der Waals surface area contributed by atoms with Gasteiger partial charge < -0.3 is 5.11 Å². The number of aromatic nitrogens is 2. The zero-order valence-corrected chi connectivity index (χ0v) is 12.1. The molecule has 0 bridgehead atoms. The number of nitrogens with zero attached hydrogens (tertiary/aromatic N) is 2. The predicted molar refractivity (Wildman–Crippen MR) is 82.5 cm³/mol. The second-order valence-corrected chi connectivity index (χ2v) is 5.58. The van der Waals surface area contributed by atoms with Crippen LogP contribution in [0.2, 0.25) is 0 Å². The van der Waals surface area contributed by atoms with Crippen LogP contribution in [0.3, 0.4) is 0 Å². The summed E-state index contributed by atoms with van der Waals surface area (Å²) in [6.45, 7) is 2.01. The first kappa shape index (κ1) is 13.5. The maximum atomic E-state index is 11.4. The molecule has 2 aromatic heterocycles. The minimum Gasteiger partial charge on any atom is -0.477 e. The zero-order chi connectivity index (χ0) is 14.8. The van der Waals surface area contributed by atoms with Gasteiger partial charge in [-0.15, -0.1) is 11.3 Å². The molecule has 0 radical (unpaired) electrons. The second kappa shape index (κ2) is 5.46. The Balaban J connectivity index is 2.13. The van der Waals surface area contributed by atoms with E-state index >= 15 is 0 Å². The van der Waals surface area contributed by atoms with E-state index in [4.69, 9.17) is 0 Å². The molecule has 104 valence electrons. The van der Waals surface area contributed by atoms with Crippen molar-refractivity contribution in [2.75, 3.05) is 0 Å². The molecule has 3 aromatic rings. The Bertz CT molecular complexity index is 780. The van der Waals surface area contributed by atoms with Crippen molar-refractivity contribution in [1.29, 1.82) is 0 Å². The maximum absolute atomic E-state index is 11.4. The van der Waals surface area contributed by atoms with E-state index in [1.807, 2.05) is 37.3 Å². The number of hydrogen-bond donors (Lipinski definition) is 1. The number of aryl methyl sites for hydroxylation is 1. The molecule has 0 unspecified atom stereocenters. The van der Waals surface area contributed by atoms with Crippen molar-refractivity contribution in [3.8, 4) is 22.0 Å². The van der Waals surface area contributed by atoms with Crippen LogP contribution in [-0.2, 0) is 0 Å². The quantitative estimate of drug-likeness (QED) is 0.796. The number of carbonyl (C=O) groups is 1. The normalized spacial score (nSPS) is 10.5. The molecule has 0 aliphatic heterocycles. The van der Waals surface area contributed by atoms with E-state index in [-0.39, 0.29) is 4.88 Å². The number of thiazole rings is 1. The highest BCUT2D eigenvalue weighted by Gasteiger charge is 2.20. The van der Waals surface area contributed by atoms with Gasteiger partial charge >= 0.3 is 5.97 Å². The van der Waals surface area contributed by atoms with Crippen LogP contribution < -0.4 is 0 Å². The SMILES string of the molecule is Cc1ccc(-c2nc(-c3ccccn3)c(C(=O)O)s2)cc1. The molecule has 0 aliphatic carbocycles. The first-order valence-corrected chi connectivity index (χ1v) is 7.19. The smallest absolute Gasteiger partial charge is 0.348 e. The highest BCUT2D eigenvalue weighted by molar-refractivity contribution is 7.17. The molecule has 4 nitrogen and oxygen atoms in total. The molecule has 21 heavy (non-hydrogen) atoms. The Hall–Kier alpha value is -2.53. The first-order valence-electron chi connectivity index (χ1n) is 6.38. The summed E-state index contributed by atoms with van der Waals surface area (Å²) in [5.41, 5.74) is 3.06. The predicted octanol–water partition coefficient (Wildman–Crippen LogP) is 3.88. The van der Waals surface area contributed by atoms with E-state index in [0.29, 0.717) is 16.4 Å². The average molecular weight is 296 g/mol. The molecule has 0 spiro atoms. The number of carboxylic acid groups (broad SMARTS) is 1. The van der Waals surface area contributed by atoms with E-state index in [9.17, 15) is 9.90 Å². The van der Waals surface area contributed by atoms with Gasteiger partial charge in [0, 0.05) is 11.8 Å². The van der Waals surface area contributed by atoms with E-state index in [0.717, 1.165) is 11.1 Å². The molecule has 1 N–H and O–H groups in total. The fraction of sp³-hybridized carbons (Fsp3) is 0.0625. The van der Waals surface area contributed by atoms with Gasteiger partial charge in [-0.05, 0) is 19.1 Å². The average Bonchev–Trinajstić information content (AvgIpc) is 2.94. The topological polar surface area (TPSA) is 63.1 Å². The summed E-state index contributed by atoms with van der Waals surface area (Å²) in [7, 11) is 0. The number of benzene rings is 1. The number of rotatable bonds is 3. The van der Waals surface area contributed by atoms with Crippen LogP contribution in [0.15, 0.2) is 48.7 Å². The molecule has 1 aromatic carbocycles. The molecule has 0 atom stereocenters. The van der Waals surface area contributed by atoms with Gasteiger partial charge in [-0.3, -0.25) is 4.98 Å². The van der Waals surface area contributed by atoms with Gasteiger partial charge in [0.25, 0.3) is 0 Å². The van der Waals surface area contributed by atoms with Crippen LogP contribution in [0.5, 0.6) is 0 Å². The van der Waals surface area contributed by atoms with Gasteiger partial charge in [0.05, 0.1) is 5.69 Å². The fourth-order valence-corrected chi connectivity index (χ4v) is 2.88. The van der Waals surface area contributed by atoms with Crippen molar-refractivity contribution in [3.05, 3.63) is 59.1 Å². The summed E-state index contributed by atoms with van der Waals surface area (Å²) in [5.74, 6) is -0.980. The Morgan fingerprint density at radius 3 is 2.52 bits per heavy atom. The third-order valence-electron chi connectivity index (χ3n) is 3.03. The minimum absolute atomic E-state index is 0.212. The summed E-state index contributed by atoms with van der Waals surface area (Å²) in [4.78, 5) is 20.3. The molecule has 0 saturated heterocycles. The van der Waals surface area contributed by atoms with Gasteiger partial charge in [0.2, 0.25) is 0 Å². The zero-order valence-electron chi connectivity index (χ0n) is 11.3. The molecule has 0 fully saturated rings. The van der Waals surface area contributed by atoms with Gasteiger partial charge in [0.15, 0.2) is 0 Å². The highest BCUT2D eigenvalue weighted by atomic mass is 32.1. The molecule has 0 amide bonds. The van der Waals surface area contributed by atoms with Crippen LogP contribution in [0.25, 0.3) is 22.0 Å². The minimum atomic E-state index is -0.980. The Labute approximate surface area is 125 Å². The van der Waals surface area contributed by atoms with E-state index in [1.165, 1.54) is 11.3 Å². The van der Waals surface area contributed by atoms with Crippen molar-refractivity contribution >= 4 is 17.3 Å². The highest BCUT2D eigenvalue weighted by Crippen LogP contribution is 2.33. The van der Waals surface area contributed by atoms with Crippen molar-refractivity contribution in [3.63, 3.8) is 0 Å². The lowest BCUT2D eigenvalue weighted by atomic mass is 10.1. The second-order valence-electron chi connectivity index (χ2n) is 4.58. The number of carboxylic acids is 1. The van der Waals surface area contributed by atoms with Crippen LogP contribution in [0, 0.1) is 6.92 Å².